The average molecular weight is 366 g/mol. The number of methoxy groups -OCH3 is 1. The van der Waals surface area contributed by atoms with E-state index in [-0.39, 0.29) is 0 Å². The zero-order valence-corrected chi connectivity index (χ0v) is 15.6. The van der Waals surface area contributed by atoms with Gasteiger partial charge in [-0.05, 0) is 55.3 Å². The van der Waals surface area contributed by atoms with E-state index in [0.29, 0.717) is 12.4 Å². The van der Waals surface area contributed by atoms with Gasteiger partial charge in [0.2, 0.25) is 4.96 Å². The van der Waals surface area contributed by atoms with E-state index in [2.05, 4.69) is 34.4 Å². The van der Waals surface area contributed by atoms with Crippen LogP contribution in [0.15, 0.2) is 42.5 Å². The maximum Gasteiger partial charge on any atom is 0.235 e. The molecule has 0 amide bonds. The molecule has 2 aromatic carbocycles. The van der Waals surface area contributed by atoms with Crippen molar-refractivity contribution in [3.05, 3.63) is 58.6 Å². The maximum absolute atomic E-state index is 5.95. The number of benzene rings is 2. The summed E-state index contributed by atoms with van der Waals surface area (Å²) in [5, 5.41) is 13.9. The SMILES string of the molecule is COc1ccc(-c2nnc3sc(COc4cc(C)ccc4C)nn23)cc1. The standard InChI is InChI=1S/C19H18N4O2S/c1-12-4-5-13(2)16(10-12)25-11-17-22-23-18(20-21-19(23)26-17)14-6-8-15(24-3)9-7-14/h4-10H,11H2,1-3H3. The smallest absolute Gasteiger partial charge is 0.235 e. The van der Waals surface area contributed by atoms with Gasteiger partial charge in [-0.25, -0.2) is 0 Å². The molecule has 4 rings (SSSR count). The van der Waals surface area contributed by atoms with E-state index in [4.69, 9.17) is 9.47 Å². The predicted molar refractivity (Wildman–Crippen MR) is 101 cm³/mol. The fraction of sp³-hybridized carbons (Fsp3) is 0.211. The molecule has 0 atom stereocenters. The Labute approximate surface area is 155 Å². The summed E-state index contributed by atoms with van der Waals surface area (Å²) in [6.45, 7) is 4.49. The first-order valence-corrected chi connectivity index (χ1v) is 9.01. The van der Waals surface area contributed by atoms with E-state index in [1.54, 1.807) is 11.6 Å². The normalized spacial score (nSPS) is 11.0. The topological polar surface area (TPSA) is 61.5 Å². The summed E-state index contributed by atoms with van der Waals surface area (Å²) >= 11 is 1.48. The predicted octanol–water partition coefficient (Wildman–Crippen LogP) is 4.06. The Kier molecular flexibility index (Phi) is 4.30. The maximum atomic E-state index is 5.95. The Balaban J connectivity index is 1.58. The second-order valence-electron chi connectivity index (χ2n) is 6.00. The largest absolute Gasteiger partial charge is 0.497 e. The number of aromatic nitrogens is 4. The molecule has 0 spiro atoms. The molecule has 26 heavy (non-hydrogen) atoms. The fourth-order valence-corrected chi connectivity index (χ4v) is 3.38. The van der Waals surface area contributed by atoms with Crippen molar-refractivity contribution in [2.24, 2.45) is 0 Å². The van der Waals surface area contributed by atoms with E-state index in [9.17, 15) is 0 Å². The molecule has 2 heterocycles. The summed E-state index contributed by atoms with van der Waals surface area (Å²) < 4.78 is 12.9. The van der Waals surface area contributed by atoms with E-state index < -0.39 is 0 Å². The highest BCUT2D eigenvalue weighted by molar-refractivity contribution is 7.16. The molecule has 0 saturated heterocycles. The van der Waals surface area contributed by atoms with Crippen molar-refractivity contribution in [3.8, 4) is 22.9 Å². The van der Waals surface area contributed by atoms with Crippen LogP contribution in [0.1, 0.15) is 16.1 Å². The Morgan fingerprint density at radius 1 is 1.04 bits per heavy atom. The van der Waals surface area contributed by atoms with Gasteiger partial charge in [0.15, 0.2) is 10.8 Å². The van der Waals surface area contributed by atoms with Crippen LogP contribution in [0.25, 0.3) is 16.3 Å². The van der Waals surface area contributed by atoms with Crippen LogP contribution in [0.5, 0.6) is 11.5 Å². The van der Waals surface area contributed by atoms with Crippen LogP contribution in [0.2, 0.25) is 0 Å². The van der Waals surface area contributed by atoms with Gasteiger partial charge in [0.05, 0.1) is 7.11 Å². The highest BCUT2D eigenvalue weighted by Gasteiger charge is 2.14. The lowest BCUT2D eigenvalue weighted by Gasteiger charge is -2.08. The van der Waals surface area contributed by atoms with Crippen molar-refractivity contribution >= 4 is 16.3 Å². The molecule has 6 nitrogen and oxygen atoms in total. The van der Waals surface area contributed by atoms with Crippen LogP contribution in [0.3, 0.4) is 0 Å². The van der Waals surface area contributed by atoms with Gasteiger partial charge >= 0.3 is 0 Å². The molecule has 7 heteroatoms. The summed E-state index contributed by atoms with van der Waals surface area (Å²) in [5.41, 5.74) is 3.22. The molecule has 0 radical (unpaired) electrons. The highest BCUT2D eigenvalue weighted by atomic mass is 32.1. The van der Waals surface area contributed by atoms with Crippen LogP contribution in [0.4, 0.5) is 0 Å². The minimum atomic E-state index is 0.403. The van der Waals surface area contributed by atoms with Crippen LogP contribution in [-0.2, 0) is 6.61 Å². The Bertz CT molecular complexity index is 1050. The lowest BCUT2D eigenvalue weighted by Crippen LogP contribution is -1.99. The molecular weight excluding hydrogens is 348 g/mol. The van der Waals surface area contributed by atoms with Crippen LogP contribution < -0.4 is 9.47 Å². The van der Waals surface area contributed by atoms with Crippen LogP contribution in [0, 0.1) is 13.8 Å². The summed E-state index contributed by atoms with van der Waals surface area (Å²) in [7, 11) is 1.65. The third kappa shape index (κ3) is 3.13. The quantitative estimate of drug-likeness (QED) is 0.533. The number of hydrogen-bond acceptors (Lipinski definition) is 6. The second kappa shape index (κ2) is 6.76. The number of nitrogens with zero attached hydrogens (tertiary/aromatic N) is 4. The highest BCUT2D eigenvalue weighted by Crippen LogP contribution is 2.25. The van der Waals surface area contributed by atoms with E-state index >= 15 is 0 Å². The minimum Gasteiger partial charge on any atom is -0.497 e. The lowest BCUT2D eigenvalue weighted by molar-refractivity contribution is 0.302. The minimum absolute atomic E-state index is 0.403. The number of fused-ring (bicyclic) bond motifs is 1. The molecule has 2 aromatic heterocycles. The van der Waals surface area contributed by atoms with Crippen LogP contribution >= 0.6 is 11.3 Å². The molecule has 0 aliphatic rings. The van der Waals surface area contributed by atoms with Crippen LogP contribution in [-0.4, -0.2) is 26.9 Å². The van der Waals surface area contributed by atoms with Gasteiger partial charge in [-0.15, -0.1) is 10.2 Å². The third-order valence-electron chi connectivity index (χ3n) is 4.08. The first-order chi connectivity index (χ1) is 12.6. The summed E-state index contributed by atoms with van der Waals surface area (Å²) in [4.78, 5) is 0.746. The van der Waals surface area contributed by atoms with Crippen molar-refractivity contribution in [3.63, 3.8) is 0 Å². The van der Waals surface area contributed by atoms with Gasteiger partial charge in [0.1, 0.15) is 18.1 Å². The number of hydrogen-bond donors (Lipinski definition) is 0. The first kappa shape index (κ1) is 16.5. The Hall–Kier alpha value is -2.93. The summed E-state index contributed by atoms with van der Waals surface area (Å²) in [6, 6.07) is 13.9. The summed E-state index contributed by atoms with van der Waals surface area (Å²) in [6.07, 6.45) is 0. The van der Waals surface area contributed by atoms with Crippen molar-refractivity contribution in [2.45, 2.75) is 20.5 Å². The molecule has 4 aromatic rings. The molecule has 132 valence electrons. The average Bonchev–Trinajstić information content (AvgIpc) is 3.23. The summed E-state index contributed by atoms with van der Waals surface area (Å²) in [5.74, 6) is 2.39. The molecule has 0 unspecified atom stereocenters. The van der Waals surface area contributed by atoms with E-state index in [1.807, 2.05) is 37.3 Å². The van der Waals surface area contributed by atoms with Gasteiger partial charge in [0.25, 0.3) is 0 Å². The van der Waals surface area contributed by atoms with Crippen molar-refractivity contribution in [2.75, 3.05) is 7.11 Å². The van der Waals surface area contributed by atoms with Gasteiger partial charge in [-0.2, -0.15) is 9.61 Å². The van der Waals surface area contributed by atoms with Gasteiger partial charge < -0.3 is 9.47 Å². The number of aryl methyl sites for hydroxylation is 2. The van der Waals surface area contributed by atoms with Gasteiger partial charge in [-0.3, -0.25) is 0 Å². The molecule has 0 aliphatic carbocycles. The zero-order chi connectivity index (χ0) is 18.1. The molecule has 0 saturated carbocycles. The molecule has 0 fully saturated rings. The van der Waals surface area contributed by atoms with Gasteiger partial charge in [0, 0.05) is 5.56 Å². The molecule has 0 bridgehead atoms. The van der Waals surface area contributed by atoms with Crippen molar-refractivity contribution in [1.29, 1.82) is 0 Å². The molecular formula is C19H18N4O2S. The van der Waals surface area contributed by atoms with Crippen molar-refractivity contribution < 1.29 is 9.47 Å². The Morgan fingerprint density at radius 3 is 2.62 bits per heavy atom. The lowest BCUT2D eigenvalue weighted by atomic mass is 10.1. The van der Waals surface area contributed by atoms with Gasteiger partial charge in [-0.1, -0.05) is 23.5 Å². The van der Waals surface area contributed by atoms with Crippen molar-refractivity contribution in [1.82, 2.24) is 19.8 Å². The molecule has 0 N–H and O–H groups in total. The second-order valence-corrected chi connectivity index (χ2v) is 7.04. The Morgan fingerprint density at radius 2 is 1.85 bits per heavy atom. The number of ether oxygens (including phenoxy) is 2. The fourth-order valence-electron chi connectivity index (χ4n) is 2.64. The zero-order valence-electron chi connectivity index (χ0n) is 14.8. The van der Waals surface area contributed by atoms with E-state index in [0.717, 1.165) is 32.6 Å². The first-order valence-electron chi connectivity index (χ1n) is 8.19. The monoisotopic (exact) mass is 366 g/mol. The molecule has 0 aliphatic heterocycles. The number of rotatable bonds is 5. The third-order valence-corrected chi connectivity index (χ3v) is 4.95. The van der Waals surface area contributed by atoms with E-state index in [1.165, 1.54) is 16.9 Å².